The van der Waals surface area contributed by atoms with Crippen LogP contribution in [-0.4, -0.2) is 11.9 Å². The van der Waals surface area contributed by atoms with E-state index in [-0.39, 0.29) is 11.9 Å². The van der Waals surface area contributed by atoms with Crippen molar-refractivity contribution < 1.29 is 4.79 Å². The average Bonchev–Trinajstić information content (AvgIpc) is 2.64. The molecule has 1 aromatic rings. The first kappa shape index (κ1) is 11.9. The van der Waals surface area contributed by atoms with Crippen LogP contribution in [0.25, 0.3) is 5.57 Å². The van der Waals surface area contributed by atoms with Crippen LogP contribution in [0.5, 0.6) is 0 Å². The number of amides is 1. The Labute approximate surface area is 102 Å². The number of fused-ring (bicyclic) bond motifs is 1. The lowest BCUT2D eigenvalue weighted by Crippen LogP contribution is -2.18. The van der Waals surface area contributed by atoms with Crippen LogP contribution >= 0.6 is 0 Å². The molecule has 0 bridgehead atoms. The summed E-state index contributed by atoms with van der Waals surface area (Å²) in [7, 11) is 0. The molecule has 1 heterocycles. The Balaban J connectivity index is 2.21. The number of carbonyl (C=O) groups excluding carboxylic acids is 1. The Hall–Kier alpha value is -1.61. The molecule has 3 heteroatoms. The first-order valence-corrected chi connectivity index (χ1v) is 6.10. The fourth-order valence-corrected chi connectivity index (χ4v) is 2.04. The smallest absolute Gasteiger partial charge is 0.256 e. The lowest BCUT2D eigenvalue weighted by Gasteiger charge is -2.06. The van der Waals surface area contributed by atoms with Crippen LogP contribution in [0.15, 0.2) is 30.3 Å². The maximum atomic E-state index is 11.8. The molecule has 2 rings (SSSR count). The zero-order valence-electron chi connectivity index (χ0n) is 10.1. The van der Waals surface area contributed by atoms with Gasteiger partial charge >= 0.3 is 0 Å². The number of para-hydroxylation sites is 1. The highest BCUT2D eigenvalue weighted by Gasteiger charge is 2.23. The third kappa shape index (κ3) is 2.56. The van der Waals surface area contributed by atoms with Crippen molar-refractivity contribution in [2.24, 2.45) is 5.73 Å². The van der Waals surface area contributed by atoms with Gasteiger partial charge in [-0.3, -0.25) is 4.79 Å². The molecular formula is C14H18N2O. The number of nitrogens with one attached hydrogen (secondary N) is 1. The van der Waals surface area contributed by atoms with Gasteiger partial charge in [-0.15, -0.1) is 0 Å². The number of anilines is 1. The van der Waals surface area contributed by atoms with Crippen molar-refractivity contribution in [2.45, 2.75) is 32.2 Å². The Morgan fingerprint density at radius 2 is 2.18 bits per heavy atom. The number of nitrogens with two attached hydrogens (primary N) is 1. The molecule has 1 aliphatic rings. The summed E-state index contributed by atoms with van der Waals surface area (Å²) in [5, 5.41) is 2.85. The van der Waals surface area contributed by atoms with Crippen molar-refractivity contribution in [3.63, 3.8) is 0 Å². The van der Waals surface area contributed by atoms with Crippen molar-refractivity contribution in [1.29, 1.82) is 0 Å². The van der Waals surface area contributed by atoms with Gasteiger partial charge in [0.2, 0.25) is 0 Å². The number of unbranched alkanes of at least 4 members (excludes halogenated alkanes) is 1. The number of hydrogen-bond acceptors (Lipinski definition) is 2. The van der Waals surface area contributed by atoms with Crippen LogP contribution in [0, 0.1) is 0 Å². The summed E-state index contributed by atoms with van der Waals surface area (Å²) >= 11 is 0. The molecule has 0 saturated heterocycles. The zero-order valence-corrected chi connectivity index (χ0v) is 10.1. The lowest BCUT2D eigenvalue weighted by molar-refractivity contribution is -0.110. The van der Waals surface area contributed by atoms with Gasteiger partial charge in [0.1, 0.15) is 0 Å². The third-order valence-corrected chi connectivity index (χ3v) is 2.98. The van der Waals surface area contributed by atoms with Gasteiger partial charge in [-0.05, 0) is 12.5 Å². The Morgan fingerprint density at radius 1 is 1.41 bits per heavy atom. The second-order valence-corrected chi connectivity index (χ2v) is 4.39. The van der Waals surface area contributed by atoms with Gasteiger partial charge in [0.25, 0.3) is 5.91 Å². The van der Waals surface area contributed by atoms with Crippen molar-refractivity contribution in [2.75, 3.05) is 5.32 Å². The Bertz CT molecular complexity index is 451. The molecule has 1 aromatic carbocycles. The van der Waals surface area contributed by atoms with Crippen molar-refractivity contribution in [3.8, 4) is 0 Å². The highest BCUT2D eigenvalue weighted by Crippen LogP contribution is 2.31. The van der Waals surface area contributed by atoms with Crippen molar-refractivity contribution >= 4 is 17.2 Å². The highest BCUT2D eigenvalue weighted by atomic mass is 16.2. The highest BCUT2D eigenvalue weighted by molar-refractivity contribution is 6.31. The average molecular weight is 230 g/mol. The fraction of sp³-hybridized carbons (Fsp3) is 0.357. The van der Waals surface area contributed by atoms with Crippen LogP contribution in [0.4, 0.5) is 5.69 Å². The Kier molecular flexibility index (Phi) is 3.59. The van der Waals surface area contributed by atoms with E-state index < -0.39 is 0 Å². The molecule has 3 nitrogen and oxygen atoms in total. The maximum absolute atomic E-state index is 11.8. The molecule has 0 aliphatic carbocycles. The summed E-state index contributed by atoms with van der Waals surface area (Å²) in [5.74, 6) is -0.0434. The number of rotatable bonds is 4. The normalized spacial score (nSPS) is 18.0. The van der Waals surface area contributed by atoms with Gasteiger partial charge in [0.15, 0.2) is 0 Å². The Morgan fingerprint density at radius 3 is 2.94 bits per heavy atom. The molecule has 3 N–H and O–H groups in total. The largest absolute Gasteiger partial charge is 0.324 e. The molecule has 1 atom stereocenters. The SMILES string of the molecule is CCCCC(N)/C=C1/C(=O)Nc2ccccc21. The minimum absolute atomic E-state index is 0.0399. The molecule has 0 aromatic heterocycles. The molecule has 90 valence electrons. The van der Waals surface area contributed by atoms with Gasteiger partial charge in [-0.25, -0.2) is 0 Å². The molecule has 0 fully saturated rings. The van der Waals surface area contributed by atoms with E-state index in [0.717, 1.165) is 30.5 Å². The second-order valence-electron chi connectivity index (χ2n) is 4.39. The van der Waals surface area contributed by atoms with Crippen LogP contribution in [-0.2, 0) is 4.79 Å². The second kappa shape index (κ2) is 5.15. The topological polar surface area (TPSA) is 55.1 Å². The summed E-state index contributed by atoms with van der Waals surface area (Å²) in [6.45, 7) is 2.14. The van der Waals surface area contributed by atoms with Crippen molar-refractivity contribution in [1.82, 2.24) is 0 Å². The van der Waals surface area contributed by atoms with E-state index in [1.54, 1.807) is 0 Å². The summed E-state index contributed by atoms with van der Waals surface area (Å²) < 4.78 is 0. The monoisotopic (exact) mass is 230 g/mol. The van der Waals surface area contributed by atoms with E-state index >= 15 is 0 Å². The molecule has 0 spiro atoms. The molecule has 0 saturated carbocycles. The van der Waals surface area contributed by atoms with Crippen LogP contribution in [0.1, 0.15) is 31.7 Å². The van der Waals surface area contributed by atoms with E-state index in [9.17, 15) is 4.79 Å². The third-order valence-electron chi connectivity index (χ3n) is 2.98. The first-order chi connectivity index (χ1) is 8.22. The van der Waals surface area contributed by atoms with Gasteiger partial charge in [0.05, 0.1) is 0 Å². The summed E-state index contributed by atoms with van der Waals surface area (Å²) in [6, 6.07) is 7.67. The van der Waals surface area contributed by atoms with E-state index in [2.05, 4.69) is 12.2 Å². The van der Waals surface area contributed by atoms with Crippen LogP contribution < -0.4 is 11.1 Å². The molecule has 1 aliphatic heterocycles. The predicted molar refractivity (Wildman–Crippen MR) is 70.5 cm³/mol. The predicted octanol–water partition coefficient (Wildman–Crippen LogP) is 2.54. The van der Waals surface area contributed by atoms with E-state index in [1.165, 1.54) is 0 Å². The van der Waals surface area contributed by atoms with Crippen molar-refractivity contribution in [3.05, 3.63) is 35.9 Å². The fourth-order valence-electron chi connectivity index (χ4n) is 2.04. The van der Waals surface area contributed by atoms with E-state index in [4.69, 9.17) is 5.73 Å². The summed E-state index contributed by atoms with van der Waals surface area (Å²) in [4.78, 5) is 11.8. The number of carbonyl (C=O) groups is 1. The summed E-state index contributed by atoms with van der Waals surface area (Å²) in [6.07, 6.45) is 5.03. The van der Waals surface area contributed by atoms with Crippen LogP contribution in [0.3, 0.4) is 0 Å². The van der Waals surface area contributed by atoms with Gasteiger partial charge in [-0.2, -0.15) is 0 Å². The maximum Gasteiger partial charge on any atom is 0.256 e. The lowest BCUT2D eigenvalue weighted by atomic mass is 10.0. The molecule has 0 radical (unpaired) electrons. The quantitative estimate of drug-likeness (QED) is 0.781. The molecule has 1 amide bonds. The van der Waals surface area contributed by atoms with Gasteiger partial charge in [0, 0.05) is 22.9 Å². The molecule has 1 unspecified atom stereocenters. The van der Waals surface area contributed by atoms with Gasteiger partial charge in [-0.1, -0.05) is 44.0 Å². The minimum atomic E-state index is -0.0434. The summed E-state index contributed by atoms with van der Waals surface area (Å²) in [5.41, 5.74) is 8.56. The zero-order chi connectivity index (χ0) is 12.3. The first-order valence-electron chi connectivity index (χ1n) is 6.10. The van der Waals surface area contributed by atoms with Gasteiger partial charge < -0.3 is 11.1 Å². The number of hydrogen-bond donors (Lipinski definition) is 2. The minimum Gasteiger partial charge on any atom is -0.324 e. The van der Waals surface area contributed by atoms with E-state index in [1.807, 2.05) is 30.3 Å². The van der Waals surface area contributed by atoms with E-state index in [0.29, 0.717) is 5.57 Å². The molecular weight excluding hydrogens is 212 g/mol. The molecule has 17 heavy (non-hydrogen) atoms. The standard InChI is InChI=1S/C14H18N2O/c1-2-3-6-10(15)9-12-11-7-4-5-8-13(11)16-14(12)17/h4-5,7-10H,2-3,6,15H2,1H3,(H,16,17)/b12-9+. The number of benzene rings is 1. The van der Waals surface area contributed by atoms with Crippen LogP contribution in [0.2, 0.25) is 0 Å².